The Morgan fingerprint density at radius 3 is 2.62 bits per heavy atom. The number of hydrogen-bond donors (Lipinski definition) is 3. The number of phenolic OH excluding ortho intramolecular Hbond substituents is 1. The number of phenols is 1. The summed E-state index contributed by atoms with van der Waals surface area (Å²) >= 11 is 11.7. The summed E-state index contributed by atoms with van der Waals surface area (Å²) in [7, 11) is 0. The van der Waals surface area contributed by atoms with Crippen molar-refractivity contribution in [1.29, 1.82) is 0 Å². The molecular formula is C15H12Cl2N2O2. The average Bonchev–Trinajstić information content (AvgIpc) is 2.91. The molecule has 1 aliphatic rings. The van der Waals surface area contributed by atoms with Gasteiger partial charge in [-0.3, -0.25) is 4.79 Å². The Bertz CT molecular complexity index is 709. The van der Waals surface area contributed by atoms with Gasteiger partial charge in [-0.25, -0.2) is 0 Å². The van der Waals surface area contributed by atoms with E-state index in [0.29, 0.717) is 11.3 Å². The molecule has 2 aromatic carbocycles. The zero-order valence-electron chi connectivity index (χ0n) is 10.9. The molecule has 0 aliphatic carbocycles. The van der Waals surface area contributed by atoms with Gasteiger partial charge in [0, 0.05) is 23.5 Å². The number of aromatic hydroxyl groups is 1. The number of anilines is 2. The molecule has 0 saturated heterocycles. The molecule has 0 fully saturated rings. The molecule has 3 rings (SSSR count). The Morgan fingerprint density at radius 2 is 1.90 bits per heavy atom. The first-order chi connectivity index (χ1) is 10.0. The van der Waals surface area contributed by atoms with Crippen LogP contribution < -0.4 is 10.6 Å². The van der Waals surface area contributed by atoms with E-state index in [1.807, 2.05) is 12.1 Å². The molecule has 108 valence electrons. The highest BCUT2D eigenvalue weighted by atomic mass is 35.5. The highest BCUT2D eigenvalue weighted by Gasteiger charge is 2.14. The Hall–Kier alpha value is -1.91. The van der Waals surface area contributed by atoms with Gasteiger partial charge in [0.15, 0.2) is 5.75 Å². The lowest BCUT2D eigenvalue weighted by atomic mass is 10.1. The number of carbonyl (C=O) groups is 1. The van der Waals surface area contributed by atoms with Gasteiger partial charge >= 0.3 is 0 Å². The van der Waals surface area contributed by atoms with Gasteiger partial charge in [0.05, 0.1) is 10.0 Å². The molecule has 4 nitrogen and oxygen atoms in total. The molecule has 2 aromatic rings. The number of rotatable bonds is 2. The van der Waals surface area contributed by atoms with Crippen LogP contribution in [0.4, 0.5) is 11.4 Å². The lowest BCUT2D eigenvalue weighted by molar-refractivity contribution is 0.102. The third kappa shape index (κ3) is 2.77. The molecule has 0 bridgehead atoms. The second kappa shape index (κ2) is 5.47. The molecule has 0 unspecified atom stereocenters. The summed E-state index contributed by atoms with van der Waals surface area (Å²) in [6.45, 7) is 0.892. The molecule has 0 aromatic heterocycles. The number of halogens is 2. The zero-order valence-corrected chi connectivity index (χ0v) is 12.4. The Kier molecular flexibility index (Phi) is 3.66. The smallest absolute Gasteiger partial charge is 0.255 e. The summed E-state index contributed by atoms with van der Waals surface area (Å²) in [6, 6.07) is 8.43. The zero-order chi connectivity index (χ0) is 15.0. The Morgan fingerprint density at radius 1 is 1.19 bits per heavy atom. The van der Waals surface area contributed by atoms with Crippen LogP contribution in [-0.2, 0) is 6.42 Å². The van der Waals surface area contributed by atoms with E-state index in [2.05, 4.69) is 10.6 Å². The average molecular weight is 323 g/mol. The second-order valence-corrected chi connectivity index (χ2v) is 5.61. The second-order valence-electron chi connectivity index (χ2n) is 4.79. The summed E-state index contributed by atoms with van der Waals surface area (Å²) in [5, 5.41) is 15.7. The minimum atomic E-state index is -0.248. The molecule has 6 heteroatoms. The molecule has 0 radical (unpaired) electrons. The summed E-state index contributed by atoms with van der Waals surface area (Å²) in [6.07, 6.45) is 0.910. The van der Waals surface area contributed by atoms with Crippen LogP contribution in [0.1, 0.15) is 15.9 Å². The third-order valence-electron chi connectivity index (χ3n) is 3.35. The standard InChI is InChI=1S/C15H12Cl2N2O2/c16-11-6-10(7-12(17)14(11)20)19-15(21)9-1-2-13-8(5-9)3-4-18-13/h1-2,5-7,18,20H,3-4H2,(H,19,21). The van der Waals surface area contributed by atoms with Gasteiger partial charge in [-0.1, -0.05) is 23.2 Å². The van der Waals surface area contributed by atoms with Gasteiger partial charge in [-0.15, -0.1) is 0 Å². The maximum atomic E-state index is 12.2. The number of benzene rings is 2. The van der Waals surface area contributed by atoms with Crippen LogP contribution in [-0.4, -0.2) is 17.6 Å². The number of fused-ring (bicyclic) bond motifs is 1. The van der Waals surface area contributed by atoms with E-state index in [1.165, 1.54) is 12.1 Å². The molecule has 0 spiro atoms. The highest BCUT2D eigenvalue weighted by Crippen LogP contribution is 2.34. The fourth-order valence-corrected chi connectivity index (χ4v) is 2.77. The maximum Gasteiger partial charge on any atom is 0.255 e. The third-order valence-corrected chi connectivity index (χ3v) is 3.93. The van der Waals surface area contributed by atoms with Crippen LogP contribution in [0, 0.1) is 0 Å². The highest BCUT2D eigenvalue weighted by molar-refractivity contribution is 6.37. The normalized spacial score (nSPS) is 12.7. The van der Waals surface area contributed by atoms with Crippen molar-refractivity contribution in [2.45, 2.75) is 6.42 Å². The monoisotopic (exact) mass is 322 g/mol. The lowest BCUT2D eigenvalue weighted by Crippen LogP contribution is -2.12. The van der Waals surface area contributed by atoms with Crippen molar-refractivity contribution in [3.05, 3.63) is 51.5 Å². The fourth-order valence-electron chi connectivity index (χ4n) is 2.29. The van der Waals surface area contributed by atoms with Crippen molar-refractivity contribution in [2.75, 3.05) is 17.2 Å². The van der Waals surface area contributed by atoms with Gasteiger partial charge < -0.3 is 15.7 Å². The topological polar surface area (TPSA) is 61.4 Å². The number of carbonyl (C=O) groups excluding carboxylic acids is 1. The molecule has 1 aliphatic heterocycles. The quantitative estimate of drug-likeness (QED) is 0.734. The molecule has 21 heavy (non-hydrogen) atoms. The fraction of sp³-hybridized carbons (Fsp3) is 0.133. The van der Waals surface area contributed by atoms with Gasteiger partial charge in [-0.2, -0.15) is 0 Å². The predicted molar refractivity (Wildman–Crippen MR) is 84.7 cm³/mol. The molecular weight excluding hydrogens is 311 g/mol. The van der Waals surface area contributed by atoms with Crippen LogP contribution in [0.3, 0.4) is 0 Å². The summed E-state index contributed by atoms with van der Waals surface area (Å²) in [5.74, 6) is -0.442. The molecule has 0 saturated carbocycles. The van der Waals surface area contributed by atoms with Gasteiger partial charge in [0.1, 0.15) is 0 Å². The molecule has 3 N–H and O–H groups in total. The van der Waals surface area contributed by atoms with Crippen LogP contribution in [0.25, 0.3) is 0 Å². The summed E-state index contributed by atoms with van der Waals surface area (Å²) in [5.41, 5.74) is 3.20. The number of nitrogens with one attached hydrogen (secondary N) is 2. The van der Waals surface area contributed by atoms with E-state index in [-0.39, 0.29) is 21.7 Å². The van der Waals surface area contributed by atoms with E-state index >= 15 is 0 Å². The van der Waals surface area contributed by atoms with Gasteiger partial charge in [0.2, 0.25) is 0 Å². The first kappa shape index (κ1) is 14.0. The first-order valence-corrected chi connectivity index (χ1v) is 7.16. The van der Waals surface area contributed by atoms with E-state index in [1.54, 1.807) is 6.07 Å². The van der Waals surface area contributed by atoms with Crippen LogP contribution in [0.5, 0.6) is 5.75 Å². The first-order valence-electron chi connectivity index (χ1n) is 6.41. The largest absolute Gasteiger partial charge is 0.505 e. The van der Waals surface area contributed by atoms with E-state index in [9.17, 15) is 9.90 Å². The van der Waals surface area contributed by atoms with Gasteiger partial charge in [0.25, 0.3) is 5.91 Å². The van der Waals surface area contributed by atoms with Crippen molar-refractivity contribution in [3.8, 4) is 5.75 Å². The van der Waals surface area contributed by atoms with Crippen molar-refractivity contribution in [3.63, 3.8) is 0 Å². The number of hydrogen-bond acceptors (Lipinski definition) is 3. The minimum absolute atomic E-state index is 0.0935. The lowest BCUT2D eigenvalue weighted by Gasteiger charge is -2.09. The van der Waals surface area contributed by atoms with E-state index < -0.39 is 0 Å². The maximum absolute atomic E-state index is 12.2. The Balaban J connectivity index is 1.83. The summed E-state index contributed by atoms with van der Waals surface area (Å²) < 4.78 is 0. The molecule has 1 heterocycles. The van der Waals surface area contributed by atoms with Gasteiger partial charge in [-0.05, 0) is 42.3 Å². The Labute approximate surface area is 131 Å². The van der Waals surface area contributed by atoms with Crippen LogP contribution in [0.2, 0.25) is 10.0 Å². The summed E-state index contributed by atoms with van der Waals surface area (Å²) in [4.78, 5) is 12.2. The van der Waals surface area contributed by atoms with Crippen molar-refractivity contribution < 1.29 is 9.90 Å². The minimum Gasteiger partial charge on any atom is -0.505 e. The van der Waals surface area contributed by atoms with Crippen molar-refractivity contribution in [1.82, 2.24) is 0 Å². The predicted octanol–water partition coefficient (Wildman–Crippen LogP) is 3.92. The van der Waals surface area contributed by atoms with Crippen molar-refractivity contribution >= 4 is 40.5 Å². The molecule has 1 amide bonds. The van der Waals surface area contributed by atoms with E-state index in [4.69, 9.17) is 23.2 Å². The molecule has 0 atom stereocenters. The van der Waals surface area contributed by atoms with Crippen LogP contribution in [0.15, 0.2) is 30.3 Å². The van der Waals surface area contributed by atoms with Crippen LogP contribution >= 0.6 is 23.2 Å². The van der Waals surface area contributed by atoms with E-state index in [0.717, 1.165) is 24.2 Å². The SMILES string of the molecule is O=C(Nc1cc(Cl)c(O)c(Cl)c1)c1ccc2c(c1)CCN2. The number of amides is 1. The van der Waals surface area contributed by atoms with Crippen molar-refractivity contribution in [2.24, 2.45) is 0 Å².